The third-order valence-corrected chi connectivity index (χ3v) is 6.73. The highest BCUT2D eigenvalue weighted by atomic mass is 35.5. The molecule has 2 aromatic rings. The third kappa shape index (κ3) is 8.50. The lowest BCUT2D eigenvalue weighted by atomic mass is 9.78. The zero-order valence-electron chi connectivity index (χ0n) is 19.1. The summed E-state index contributed by atoms with van der Waals surface area (Å²) in [6, 6.07) is 11.3. The maximum absolute atomic E-state index is 11.2. The van der Waals surface area contributed by atoms with Gasteiger partial charge >= 0.3 is 0 Å². The van der Waals surface area contributed by atoms with Gasteiger partial charge < -0.3 is 14.6 Å². The molecule has 33 heavy (non-hydrogen) atoms. The van der Waals surface area contributed by atoms with E-state index in [-0.39, 0.29) is 18.4 Å². The van der Waals surface area contributed by atoms with Crippen LogP contribution in [0.15, 0.2) is 36.4 Å². The van der Waals surface area contributed by atoms with Gasteiger partial charge in [-0.1, -0.05) is 56.1 Å². The van der Waals surface area contributed by atoms with Gasteiger partial charge in [-0.3, -0.25) is 0 Å². The molecular weight excluding hydrogens is 509 g/mol. The molecule has 2 rings (SSSR count). The smallest absolute Gasteiger partial charge is 0.208 e. The maximum atomic E-state index is 11.2. The molecule has 0 aliphatic heterocycles. The highest BCUT2D eigenvalue weighted by Crippen LogP contribution is 2.40. The van der Waals surface area contributed by atoms with E-state index < -0.39 is 21.5 Å². The normalized spacial score (nSPS) is 14.1. The van der Waals surface area contributed by atoms with E-state index in [2.05, 4.69) is 18.6 Å². The number of alkyl halides is 1. The fourth-order valence-electron chi connectivity index (χ4n) is 3.01. The molecule has 0 saturated carbocycles. The Kier molecular flexibility index (Phi) is 10.2. The Morgan fingerprint density at radius 1 is 1.03 bits per heavy atom. The molecule has 0 spiro atoms. The van der Waals surface area contributed by atoms with E-state index in [0.717, 1.165) is 17.4 Å². The van der Waals surface area contributed by atoms with E-state index in [9.17, 15) is 13.5 Å². The van der Waals surface area contributed by atoms with Crippen LogP contribution in [0.2, 0.25) is 10.0 Å². The summed E-state index contributed by atoms with van der Waals surface area (Å²) in [7, 11) is -3.22. The SMILES string of the molecule is C[C@@H](CNS(C)(=O)=O)COc1ccc(C(C)(C)c2cc(Cl)c(OC[C@H](O)CCl)c(Cl)c2)cc1. The fraction of sp³-hybridized carbons (Fsp3) is 0.478. The lowest BCUT2D eigenvalue weighted by Crippen LogP contribution is -2.29. The van der Waals surface area contributed by atoms with Gasteiger partial charge in [-0.2, -0.15) is 0 Å². The van der Waals surface area contributed by atoms with E-state index >= 15 is 0 Å². The molecule has 0 heterocycles. The minimum atomic E-state index is -3.22. The van der Waals surface area contributed by atoms with E-state index in [1.165, 1.54) is 0 Å². The van der Waals surface area contributed by atoms with E-state index in [1.807, 2.05) is 31.2 Å². The summed E-state index contributed by atoms with van der Waals surface area (Å²) in [5.74, 6) is 1.08. The number of aliphatic hydroxyl groups excluding tert-OH is 1. The standard InChI is InChI=1S/C23H30Cl3NO5S/c1-15(12-27-33(4,29)30)13-31-19-7-5-16(6-8-19)23(2,3)17-9-20(25)22(21(26)10-17)32-14-18(28)11-24/h5-10,15,18,27-28H,11-14H2,1-4H3/t15-,18+/m0/s1. The predicted molar refractivity (Wildman–Crippen MR) is 135 cm³/mol. The molecular formula is C23H30Cl3NO5S. The van der Waals surface area contributed by atoms with Gasteiger partial charge in [0.15, 0.2) is 5.75 Å². The Bertz CT molecular complexity index is 1010. The summed E-state index contributed by atoms with van der Waals surface area (Å²) < 4.78 is 36.2. The van der Waals surface area contributed by atoms with Gasteiger partial charge in [0.25, 0.3) is 0 Å². The number of ether oxygens (including phenoxy) is 2. The van der Waals surface area contributed by atoms with Crippen LogP contribution in [0.25, 0.3) is 0 Å². The molecule has 2 N–H and O–H groups in total. The largest absolute Gasteiger partial charge is 0.493 e. The monoisotopic (exact) mass is 537 g/mol. The van der Waals surface area contributed by atoms with Crippen molar-refractivity contribution in [2.75, 3.05) is 31.9 Å². The van der Waals surface area contributed by atoms with E-state index in [4.69, 9.17) is 44.3 Å². The molecule has 0 aliphatic rings. The number of nitrogens with one attached hydrogen (secondary N) is 1. The van der Waals surface area contributed by atoms with Crippen molar-refractivity contribution in [3.05, 3.63) is 57.6 Å². The first kappa shape index (κ1) is 28.0. The molecule has 2 aromatic carbocycles. The van der Waals surface area contributed by atoms with Crippen molar-refractivity contribution in [1.29, 1.82) is 0 Å². The molecule has 0 saturated heterocycles. The van der Waals surface area contributed by atoms with Crippen molar-refractivity contribution in [3.63, 3.8) is 0 Å². The molecule has 10 heteroatoms. The van der Waals surface area contributed by atoms with E-state index in [1.54, 1.807) is 12.1 Å². The summed E-state index contributed by atoms with van der Waals surface area (Å²) >= 11 is 18.4. The number of hydrogen-bond acceptors (Lipinski definition) is 5. The van der Waals surface area contributed by atoms with Crippen molar-refractivity contribution < 1.29 is 23.0 Å². The molecule has 0 radical (unpaired) electrons. The molecule has 0 aliphatic carbocycles. The second-order valence-corrected chi connectivity index (χ2v) is 11.5. The number of rotatable bonds is 12. The molecule has 0 amide bonds. The van der Waals surface area contributed by atoms with Crippen LogP contribution in [0, 0.1) is 5.92 Å². The molecule has 0 aromatic heterocycles. The topological polar surface area (TPSA) is 84.9 Å². The number of halogens is 3. The van der Waals surface area contributed by atoms with Crippen LogP contribution in [0.4, 0.5) is 0 Å². The van der Waals surface area contributed by atoms with Crippen LogP contribution in [0.5, 0.6) is 11.5 Å². The fourth-order valence-corrected chi connectivity index (χ4v) is 4.28. The highest BCUT2D eigenvalue weighted by Gasteiger charge is 2.26. The van der Waals surface area contributed by atoms with Gasteiger partial charge in [0.2, 0.25) is 10.0 Å². The van der Waals surface area contributed by atoms with Crippen molar-refractivity contribution in [2.24, 2.45) is 5.92 Å². The molecule has 0 fully saturated rings. The Morgan fingerprint density at radius 3 is 2.12 bits per heavy atom. The summed E-state index contributed by atoms with van der Waals surface area (Å²) in [4.78, 5) is 0. The lowest BCUT2D eigenvalue weighted by molar-refractivity contribution is 0.125. The lowest BCUT2D eigenvalue weighted by Gasteiger charge is -2.27. The summed E-state index contributed by atoms with van der Waals surface area (Å²) in [6.45, 7) is 6.72. The maximum Gasteiger partial charge on any atom is 0.208 e. The van der Waals surface area contributed by atoms with Crippen LogP contribution in [-0.2, 0) is 15.4 Å². The number of benzene rings is 2. The third-order valence-electron chi connectivity index (χ3n) is 5.12. The number of aliphatic hydroxyl groups is 1. The van der Waals surface area contributed by atoms with Gasteiger partial charge in [0, 0.05) is 17.9 Å². The minimum absolute atomic E-state index is 0.00389. The number of hydrogen-bond donors (Lipinski definition) is 2. The quantitative estimate of drug-likeness (QED) is 0.377. The van der Waals surface area contributed by atoms with Crippen LogP contribution < -0.4 is 14.2 Å². The van der Waals surface area contributed by atoms with Crippen molar-refractivity contribution in [2.45, 2.75) is 32.3 Å². The first-order valence-electron chi connectivity index (χ1n) is 10.4. The predicted octanol–water partition coefficient (Wildman–Crippen LogP) is 4.86. The zero-order valence-corrected chi connectivity index (χ0v) is 22.2. The van der Waals surface area contributed by atoms with Crippen LogP contribution in [0.3, 0.4) is 0 Å². The van der Waals surface area contributed by atoms with Gasteiger partial charge in [0.05, 0.1) is 28.8 Å². The zero-order chi connectivity index (χ0) is 24.8. The summed E-state index contributed by atoms with van der Waals surface area (Å²) in [5.41, 5.74) is 1.52. The number of sulfonamides is 1. The van der Waals surface area contributed by atoms with Gasteiger partial charge in [0.1, 0.15) is 18.5 Å². The molecule has 2 atom stereocenters. The van der Waals surface area contributed by atoms with Gasteiger partial charge in [-0.25, -0.2) is 13.1 Å². The Hall–Kier alpha value is -1.22. The Labute approximate surface area is 211 Å². The minimum Gasteiger partial charge on any atom is -0.493 e. The average molecular weight is 539 g/mol. The second-order valence-electron chi connectivity index (χ2n) is 8.57. The summed E-state index contributed by atoms with van der Waals surface area (Å²) in [6.07, 6.45) is 0.322. The Morgan fingerprint density at radius 2 is 1.61 bits per heavy atom. The second kappa shape index (κ2) is 12.0. The molecule has 184 valence electrons. The van der Waals surface area contributed by atoms with E-state index in [0.29, 0.717) is 34.7 Å². The highest BCUT2D eigenvalue weighted by molar-refractivity contribution is 7.88. The summed E-state index contributed by atoms with van der Waals surface area (Å²) in [5, 5.41) is 10.3. The van der Waals surface area contributed by atoms with Crippen LogP contribution >= 0.6 is 34.8 Å². The molecule has 6 nitrogen and oxygen atoms in total. The average Bonchev–Trinajstić information content (AvgIpc) is 2.75. The van der Waals surface area contributed by atoms with Crippen molar-refractivity contribution in [1.82, 2.24) is 4.72 Å². The van der Waals surface area contributed by atoms with Gasteiger partial charge in [-0.15, -0.1) is 11.6 Å². The first-order chi connectivity index (χ1) is 15.3. The first-order valence-corrected chi connectivity index (χ1v) is 13.6. The van der Waals surface area contributed by atoms with Crippen molar-refractivity contribution >= 4 is 44.8 Å². The van der Waals surface area contributed by atoms with Crippen LogP contribution in [0.1, 0.15) is 31.9 Å². The van der Waals surface area contributed by atoms with Gasteiger partial charge in [-0.05, 0) is 35.4 Å². The molecule has 0 bridgehead atoms. The van der Waals surface area contributed by atoms with Crippen molar-refractivity contribution in [3.8, 4) is 11.5 Å². The Balaban J connectivity index is 2.09. The van der Waals surface area contributed by atoms with Crippen LogP contribution in [-0.4, -0.2) is 51.5 Å². The molecule has 0 unspecified atom stereocenters.